The first kappa shape index (κ1) is 20.8. The van der Waals surface area contributed by atoms with Crippen molar-refractivity contribution in [1.82, 2.24) is 5.32 Å². The molecule has 0 bridgehead atoms. The fourth-order valence-corrected chi connectivity index (χ4v) is 2.32. The lowest BCUT2D eigenvalue weighted by Gasteiger charge is -2.07. The van der Waals surface area contributed by atoms with Crippen LogP contribution in [0.5, 0.6) is 0 Å². The standard InChI is InChI=1S/C20H19FN2O5/c21-15-5-1-13(2-6-15)17(24)9-10-18(25)23-16-7-3-14(4-8-16)20(28)22-12-11-19(26)27/h1-8H,9-12H2,(H,22,28)(H,23,25)(H,26,27). The molecule has 2 amide bonds. The number of halogens is 1. The predicted molar refractivity (Wildman–Crippen MR) is 99.6 cm³/mol. The lowest BCUT2D eigenvalue weighted by molar-refractivity contribution is -0.136. The minimum Gasteiger partial charge on any atom is -0.481 e. The van der Waals surface area contributed by atoms with Gasteiger partial charge in [-0.3, -0.25) is 19.2 Å². The van der Waals surface area contributed by atoms with Crippen LogP contribution >= 0.6 is 0 Å². The van der Waals surface area contributed by atoms with E-state index in [-0.39, 0.29) is 37.5 Å². The van der Waals surface area contributed by atoms with Crippen molar-refractivity contribution in [1.29, 1.82) is 0 Å². The molecule has 0 fully saturated rings. The van der Waals surface area contributed by atoms with E-state index in [9.17, 15) is 23.6 Å². The monoisotopic (exact) mass is 386 g/mol. The summed E-state index contributed by atoms with van der Waals surface area (Å²) >= 11 is 0. The first-order valence-corrected chi connectivity index (χ1v) is 8.54. The molecule has 0 aliphatic carbocycles. The molecule has 0 unspecified atom stereocenters. The molecule has 146 valence electrons. The Labute approximate surface area is 160 Å². The quantitative estimate of drug-likeness (QED) is 0.574. The number of Topliss-reactive ketones (excluding diaryl/α,β-unsaturated/α-hetero) is 1. The van der Waals surface area contributed by atoms with Crippen LogP contribution in [-0.4, -0.2) is 35.2 Å². The van der Waals surface area contributed by atoms with Crippen molar-refractivity contribution in [2.45, 2.75) is 19.3 Å². The third kappa shape index (κ3) is 6.64. The minimum absolute atomic E-state index is 0.0124. The number of rotatable bonds is 9. The lowest BCUT2D eigenvalue weighted by atomic mass is 10.1. The van der Waals surface area contributed by atoms with E-state index < -0.39 is 17.7 Å². The average molecular weight is 386 g/mol. The van der Waals surface area contributed by atoms with Crippen molar-refractivity contribution in [2.24, 2.45) is 0 Å². The van der Waals surface area contributed by atoms with Crippen LogP contribution < -0.4 is 10.6 Å². The van der Waals surface area contributed by atoms with Gasteiger partial charge in [-0.05, 0) is 48.5 Å². The Morgan fingerprint density at radius 1 is 0.821 bits per heavy atom. The van der Waals surface area contributed by atoms with Crippen molar-refractivity contribution in [3.8, 4) is 0 Å². The van der Waals surface area contributed by atoms with Gasteiger partial charge in [-0.2, -0.15) is 0 Å². The van der Waals surface area contributed by atoms with E-state index in [0.29, 0.717) is 16.8 Å². The highest BCUT2D eigenvalue weighted by Crippen LogP contribution is 2.12. The molecule has 28 heavy (non-hydrogen) atoms. The summed E-state index contributed by atoms with van der Waals surface area (Å²) in [5.74, 6) is -2.48. The Morgan fingerprint density at radius 2 is 1.43 bits per heavy atom. The molecule has 0 heterocycles. The van der Waals surface area contributed by atoms with Gasteiger partial charge in [0.25, 0.3) is 5.91 Å². The summed E-state index contributed by atoms with van der Waals surface area (Å²) in [5.41, 5.74) is 1.13. The molecule has 7 nitrogen and oxygen atoms in total. The summed E-state index contributed by atoms with van der Waals surface area (Å²) in [6.07, 6.45) is -0.217. The molecule has 0 saturated carbocycles. The Kier molecular flexibility index (Phi) is 7.38. The number of nitrogens with one attached hydrogen (secondary N) is 2. The third-order valence-electron chi connectivity index (χ3n) is 3.80. The van der Waals surface area contributed by atoms with Crippen molar-refractivity contribution in [2.75, 3.05) is 11.9 Å². The van der Waals surface area contributed by atoms with Gasteiger partial charge < -0.3 is 15.7 Å². The van der Waals surface area contributed by atoms with Gasteiger partial charge >= 0.3 is 5.97 Å². The van der Waals surface area contributed by atoms with Crippen LogP contribution in [0.3, 0.4) is 0 Å². The Hall–Kier alpha value is -3.55. The molecular weight excluding hydrogens is 367 g/mol. The second-order valence-corrected chi connectivity index (χ2v) is 5.96. The molecular formula is C20H19FN2O5. The third-order valence-corrected chi connectivity index (χ3v) is 3.80. The van der Waals surface area contributed by atoms with Crippen molar-refractivity contribution >= 4 is 29.3 Å². The normalized spacial score (nSPS) is 10.2. The Bertz CT molecular complexity index is 863. The molecule has 0 aliphatic rings. The molecule has 0 aromatic heterocycles. The Balaban J connectivity index is 1.80. The van der Waals surface area contributed by atoms with Gasteiger partial charge in [0.1, 0.15) is 5.82 Å². The van der Waals surface area contributed by atoms with E-state index in [1.807, 2.05) is 0 Å². The number of ketones is 1. The van der Waals surface area contributed by atoms with Crippen molar-refractivity contribution in [3.05, 3.63) is 65.5 Å². The van der Waals surface area contributed by atoms with Crippen molar-refractivity contribution < 1.29 is 28.7 Å². The number of aliphatic carboxylic acids is 1. The maximum absolute atomic E-state index is 12.9. The summed E-state index contributed by atoms with van der Waals surface area (Å²) in [6.45, 7) is 0.0226. The largest absolute Gasteiger partial charge is 0.481 e. The highest BCUT2D eigenvalue weighted by molar-refractivity contribution is 6.00. The number of carboxylic acids is 1. The van der Waals surface area contributed by atoms with Crippen LogP contribution in [0.15, 0.2) is 48.5 Å². The molecule has 2 rings (SSSR count). The van der Waals surface area contributed by atoms with Crippen LogP contribution in [0.2, 0.25) is 0 Å². The number of hydrogen-bond acceptors (Lipinski definition) is 4. The maximum Gasteiger partial charge on any atom is 0.305 e. The van der Waals surface area contributed by atoms with Crippen LogP contribution in [0.4, 0.5) is 10.1 Å². The fraction of sp³-hybridized carbons (Fsp3) is 0.200. The molecule has 0 atom stereocenters. The van der Waals surface area contributed by atoms with Crippen molar-refractivity contribution in [3.63, 3.8) is 0 Å². The number of carbonyl (C=O) groups excluding carboxylic acids is 3. The number of carbonyl (C=O) groups is 4. The van der Waals surface area contributed by atoms with Gasteiger partial charge in [0.2, 0.25) is 5.91 Å². The SMILES string of the molecule is O=C(O)CCNC(=O)c1ccc(NC(=O)CCC(=O)c2ccc(F)cc2)cc1. The maximum atomic E-state index is 12.9. The average Bonchev–Trinajstić information content (AvgIpc) is 2.67. The first-order valence-electron chi connectivity index (χ1n) is 8.54. The highest BCUT2D eigenvalue weighted by Gasteiger charge is 2.11. The van der Waals surface area contributed by atoms with E-state index >= 15 is 0 Å². The zero-order valence-electron chi connectivity index (χ0n) is 14.9. The molecule has 0 saturated heterocycles. The van der Waals surface area contributed by atoms with E-state index in [1.165, 1.54) is 48.5 Å². The zero-order chi connectivity index (χ0) is 20.5. The van der Waals surface area contributed by atoms with Gasteiger partial charge in [-0.25, -0.2) is 4.39 Å². The smallest absolute Gasteiger partial charge is 0.305 e. The molecule has 0 aliphatic heterocycles. The van der Waals surface area contributed by atoms with Crippen LogP contribution in [-0.2, 0) is 9.59 Å². The van der Waals surface area contributed by atoms with Gasteiger partial charge in [0.15, 0.2) is 5.78 Å². The summed E-state index contributed by atoms with van der Waals surface area (Å²) in [4.78, 5) is 46.2. The molecule has 8 heteroatoms. The summed E-state index contributed by atoms with van der Waals surface area (Å²) in [5, 5.41) is 13.6. The van der Waals surface area contributed by atoms with Gasteiger partial charge in [0, 0.05) is 36.2 Å². The van der Waals surface area contributed by atoms with Gasteiger partial charge in [-0.1, -0.05) is 0 Å². The highest BCUT2D eigenvalue weighted by atomic mass is 19.1. The number of amides is 2. The minimum atomic E-state index is -1.00. The molecule has 0 radical (unpaired) electrons. The summed E-state index contributed by atoms with van der Waals surface area (Å²) in [6, 6.07) is 11.2. The number of carboxylic acid groups (broad SMARTS) is 1. The number of anilines is 1. The molecule has 0 spiro atoms. The van der Waals surface area contributed by atoms with Crippen LogP contribution in [0, 0.1) is 5.82 Å². The van der Waals surface area contributed by atoms with E-state index in [2.05, 4.69) is 10.6 Å². The summed E-state index contributed by atoms with van der Waals surface area (Å²) in [7, 11) is 0. The lowest BCUT2D eigenvalue weighted by Crippen LogP contribution is -2.25. The van der Waals surface area contributed by atoms with Gasteiger partial charge in [-0.15, -0.1) is 0 Å². The number of hydrogen-bond donors (Lipinski definition) is 3. The van der Waals surface area contributed by atoms with E-state index in [1.54, 1.807) is 0 Å². The van der Waals surface area contributed by atoms with Gasteiger partial charge in [0.05, 0.1) is 6.42 Å². The van der Waals surface area contributed by atoms with E-state index in [4.69, 9.17) is 5.11 Å². The second-order valence-electron chi connectivity index (χ2n) is 5.96. The first-order chi connectivity index (χ1) is 13.3. The topological polar surface area (TPSA) is 113 Å². The Morgan fingerprint density at radius 3 is 2.04 bits per heavy atom. The molecule has 3 N–H and O–H groups in total. The molecule has 2 aromatic carbocycles. The van der Waals surface area contributed by atoms with Crippen LogP contribution in [0.25, 0.3) is 0 Å². The summed E-state index contributed by atoms with van der Waals surface area (Å²) < 4.78 is 12.9. The number of benzene rings is 2. The fourth-order valence-electron chi connectivity index (χ4n) is 2.32. The predicted octanol–water partition coefficient (Wildman–Crippen LogP) is 2.63. The second kappa shape index (κ2) is 9.96. The van der Waals surface area contributed by atoms with Crippen LogP contribution in [0.1, 0.15) is 40.0 Å². The zero-order valence-corrected chi connectivity index (χ0v) is 14.9. The van der Waals surface area contributed by atoms with E-state index in [0.717, 1.165) is 0 Å². The molecule has 2 aromatic rings.